The van der Waals surface area contributed by atoms with Gasteiger partial charge in [-0.05, 0) is 24.3 Å². The molecule has 0 fully saturated rings. The third kappa shape index (κ3) is 5.38. The average molecular weight is 417 g/mol. The molecular formula is C19H17F2N5O2S. The van der Waals surface area contributed by atoms with Gasteiger partial charge in [0.1, 0.15) is 5.75 Å². The van der Waals surface area contributed by atoms with Crippen LogP contribution in [0.3, 0.4) is 0 Å². The minimum atomic E-state index is -2.98. The second kappa shape index (κ2) is 9.78. The lowest BCUT2D eigenvalue weighted by Gasteiger charge is -2.11. The number of pyridine rings is 1. The Bertz CT molecular complexity index is 982. The molecule has 1 N–H and O–H groups in total. The van der Waals surface area contributed by atoms with Crippen LogP contribution in [0.25, 0.3) is 11.4 Å². The summed E-state index contributed by atoms with van der Waals surface area (Å²) in [7, 11) is 0. The number of amides is 1. The molecule has 0 aliphatic heterocycles. The second-order valence-electron chi connectivity index (χ2n) is 5.65. The Morgan fingerprint density at radius 1 is 1.24 bits per heavy atom. The number of carbonyl (C=O) groups excluding carboxylic acids is 1. The molecule has 0 aliphatic carbocycles. The Hall–Kier alpha value is -3.27. The van der Waals surface area contributed by atoms with Gasteiger partial charge in [0.25, 0.3) is 0 Å². The van der Waals surface area contributed by atoms with Gasteiger partial charge in [0, 0.05) is 24.5 Å². The van der Waals surface area contributed by atoms with Gasteiger partial charge in [0.15, 0.2) is 11.0 Å². The van der Waals surface area contributed by atoms with E-state index in [-0.39, 0.29) is 23.1 Å². The summed E-state index contributed by atoms with van der Waals surface area (Å²) < 4.78 is 31.2. The highest BCUT2D eigenvalue weighted by Gasteiger charge is 2.16. The molecule has 0 bridgehead atoms. The summed E-state index contributed by atoms with van der Waals surface area (Å²) >= 11 is 1.17. The van der Waals surface area contributed by atoms with Crippen molar-refractivity contribution in [3.05, 3.63) is 61.4 Å². The number of alkyl halides is 2. The Balaban J connectivity index is 1.70. The summed E-state index contributed by atoms with van der Waals surface area (Å²) in [6, 6.07) is 9.62. The van der Waals surface area contributed by atoms with E-state index in [9.17, 15) is 13.6 Å². The number of aromatic nitrogens is 4. The van der Waals surface area contributed by atoms with Crippen LogP contribution >= 0.6 is 11.8 Å². The van der Waals surface area contributed by atoms with Gasteiger partial charge in [-0.25, -0.2) is 0 Å². The predicted molar refractivity (Wildman–Crippen MR) is 106 cm³/mol. The highest BCUT2D eigenvalue weighted by molar-refractivity contribution is 7.99. The normalized spacial score (nSPS) is 10.7. The van der Waals surface area contributed by atoms with Crippen molar-refractivity contribution in [2.45, 2.75) is 18.3 Å². The Labute approximate surface area is 169 Å². The molecule has 7 nitrogen and oxygen atoms in total. The number of allylic oxidation sites excluding steroid dienone is 1. The van der Waals surface area contributed by atoms with E-state index in [1.807, 2.05) is 16.7 Å². The number of halogens is 2. The number of carbonyl (C=O) groups is 1. The third-order valence-corrected chi connectivity index (χ3v) is 4.64. The van der Waals surface area contributed by atoms with Crippen LogP contribution in [0, 0.1) is 0 Å². The van der Waals surface area contributed by atoms with Crippen molar-refractivity contribution in [2.24, 2.45) is 0 Å². The topological polar surface area (TPSA) is 81.9 Å². The molecule has 0 aliphatic rings. The van der Waals surface area contributed by atoms with Crippen LogP contribution in [0.4, 0.5) is 14.5 Å². The Morgan fingerprint density at radius 2 is 2.00 bits per heavy atom. The summed E-state index contributed by atoms with van der Waals surface area (Å²) in [5.74, 6) is 0.148. The smallest absolute Gasteiger partial charge is 0.387 e. The zero-order valence-electron chi connectivity index (χ0n) is 15.2. The van der Waals surface area contributed by atoms with Crippen molar-refractivity contribution in [1.29, 1.82) is 0 Å². The van der Waals surface area contributed by atoms with Crippen LogP contribution in [0.15, 0.2) is 66.6 Å². The maximum absolute atomic E-state index is 12.5. The second-order valence-corrected chi connectivity index (χ2v) is 6.60. The maximum atomic E-state index is 12.5. The number of ether oxygens (including phenoxy) is 1. The van der Waals surface area contributed by atoms with Crippen LogP contribution in [0.5, 0.6) is 5.75 Å². The molecule has 3 aromatic rings. The fourth-order valence-corrected chi connectivity index (χ4v) is 3.24. The first kappa shape index (κ1) is 20.5. The lowest BCUT2D eigenvalue weighted by atomic mass is 10.2. The summed E-state index contributed by atoms with van der Waals surface area (Å²) in [5, 5.41) is 11.4. The molecule has 0 saturated heterocycles. The molecular weight excluding hydrogens is 400 g/mol. The fourth-order valence-electron chi connectivity index (χ4n) is 2.49. The van der Waals surface area contributed by atoms with E-state index in [2.05, 4.69) is 31.8 Å². The molecule has 2 aromatic heterocycles. The van der Waals surface area contributed by atoms with Crippen LogP contribution in [0.2, 0.25) is 0 Å². The highest BCUT2D eigenvalue weighted by atomic mass is 32.2. The van der Waals surface area contributed by atoms with Gasteiger partial charge >= 0.3 is 6.61 Å². The van der Waals surface area contributed by atoms with Gasteiger partial charge in [-0.15, -0.1) is 16.8 Å². The van der Waals surface area contributed by atoms with Crippen molar-refractivity contribution in [3.63, 3.8) is 0 Å². The molecule has 150 valence electrons. The Kier molecular flexibility index (Phi) is 6.90. The molecule has 0 saturated carbocycles. The first-order valence-electron chi connectivity index (χ1n) is 8.49. The first-order chi connectivity index (χ1) is 14.1. The van der Waals surface area contributed by atoms with Gasteiger partial charge in [-0.1, -0.05) is 30.0 Å². The first-order valence-corrected chi connectivity index (χ1v) is 9.48. The zero-order chi connectivity index (χ0) is 20.6. The standard InChI is InChI=1S/C19H17F2N5O2S/c1-2-11-26-17(13-7-9-22-10-8-13)24-25-19(26)29-12-16(27)23-14-5-3-4-6-15(14)28-18(20)21/h2-10,18H,1,11-12H2,(H,23,27). The van der Waals surface area contributed by atoms with Crippen molar-refractivity contribution in [1.82, 2.24) is 19.7 Å². The monoisotopic (exact) mass is 417 g/mol. The number of nitrogens with one attached hydrogen (secondary N) is 1. The van der Waals surface area contributed by atoms with E-state index in [1.54, 1.807) is 30.6 Å². The van der Waals surface area contributed by atoms with E-state index in [1.165, 1.54) is 23.9 Å². The number of hydrogen-bond acceptors (Lipinski definition) is 6. The molecule has 1 aromatic carbocycles. The van der Waals surface area contributed by atoms with Crippen molar-refractivity contribution >= 4 is 23.4 Å². The molecule has 1 amide bonds. The highest BCUT2D eigenvalue weighted by Crippen LogP contribution is 2.27. The molecule has 29 heavy (non-hydrogen) atoms. The van der Waals surface area contributed by atoms with E-state index in [4.69, 9.17) is 0 Å². The number of para-hydroxylation sites is 2. The van der Waals surface area contributed by atoms with E-state index in [0.29, 0.717) is 17.5 Å². The molecule has 0 atom stereocenters. The van der Waals surface area contributed by atoms with Crippen LogP contribution in [-0.2, 0) is 11.3 Å². The van der Waals surface area contributed by atoms with Gasteiger partial charge in [-0.2, -0.15) is 8.78 Å². The van der Waals surface area contributed by atoms with E-state index in [0.717, 1.165) is 5.56 Å². The minimum Gasteiger partial charge on any atom is -0.433 e. The molecule has 2 heterocycles. The number of thioether (sulfide) groups is 1. The summed E-state index contributed by atoms with van der Waals surface area (Å²) in [5.41, 5.74) is 1.01. The average Bonchev–Trinajstić information content (AvgIpc) is 3.11. The number of benzene rings is 1. The number of rotatable bonds is 9. The number of hydrogen-bond donors (Lipinski definition) is 1. The van der Waals surface area contributed by atoms with E-state index < -0.39 is 6.61 Å². The van der Waals surface area contributed by atoms with Crippen LogP contribution in [-0.4, -0.2) is 38.0 Å². The molecule has 3 rings (SSSR count). The molecule has 0 spiro atoms. The van der Waals surface area contributed by atoms with Crippen molar-refractivity contribution in [2.75, 3.05) is 11.1 Å². The summed E-state index contributed by atoms with van der Waals surface area (Å²) in [4.78, 5) is 16.3. The van der Waals surface area contributed by atoms with Crippen molar-refractivity contribution < 1.29 is 18.3 Å². The van der Waals surface area contributed by atoms with E-state index >= 15 is 0 Å². The summed E-state index contributed by atoms with van der Waals surface area (Å²) in [6.07, 6.45) is 5.01. The molecule has 0 unspecified atom stereocenters. The van der Waals surface area contributed by atoms with Gasteiger partial charge in [0.05, 0.1) is 11.4 Å². The third-order valence-electron chi connectivity index (χ3n) is 3.68. The van der Waals surface area contributed by atoms with Gasteiger partial charge in [-0.3, -0.25) is 14.3 Å². The largest absolute Gasteiger partial charge is 0.433 e. The van der Waals surface area contributed by atoms with Crippen LogP contribution in [0.1, 0.15) is 0 Å². The van der Waals surface area contributed by atoms with Gasteiger partial charge in [0.2, 0.25) is 5.91 Å². The zero-order valence-corrected chi connectivity index (χ0v) is 16.0. The Morgan fingerprint density at radius 3 is 2.72 bits per heavy atom. The molecule has 0 radical (unpaired) electrons. The lowest BCUT2D eigenvalue weighted by molar-refractivity contribution is -0.113. The number of anilines is 1. The number of nitrogens with zero attached hydrogens (tertiary/aromatic N) is 4. The minimum absolute atomic E-state index is 0.00857. The summed E-state index contributed by atoms with van der Waals surface area (Å²) in [6.45, 7) is 1.22. The van der Waals surface area contributed by atoms with Crippen LogP contribution < -0.4 is 10.1 Å². The molecule has 10 heteroatoms. The fraction of sp³-hybridized carbons (Fsp3) is 0.158. The van der Waals surface area contributed by atoms with Gasteiger partial charge < -0.3 is 10.1 Å². The maximum Gasteiger partial charge on any atom is 0.387 e. The SMILES string of the molecule is C=CCn1c(SCC(=O)Nc2ccccc2OC(F)F)nnc1-c1ccncc1. The quantitative estimate of drug-likeness (QED) is 0.421. The van der Waals surface area contributed by atoms with Crippen molar-refractivity contribution in [3.8, 4) is 17.1 Å². The predicted octanol–water partition coefficient (Wildman–Crippen LogP) is 3.86. The lowest BCUT2D eigenvalue weighted by Crippen LogP contribution is -2.16.